The summed E-state index contributed by atoms with van der Waals surface area (Å²) >= 11 is 0. The van der Waals surface area contributed by atoms with E-state index in [1.807, 2.05) is 0 Å². The molecule has 0 saturated heterocycles. The van der Waals surface area contributed by atoms with Crippen LogP contribution in [0.15, 0.2) is 54.6 Å². The molecule has 2 aromatic carbocycles. The molecule has 2 aromatic rings. The molecule has 0 unspecified atom stereocenters. The number of carbonyl (C=O) groups excluding carboxylic acids is 1. The molecule has 0 aliphatic carbocycles. The first kappa shape index (κ1) is 15.2. The lowest BCUT2D eigenvalue weighted by Gasteiger charge is -2.02. The molecule has 0 heterocycles. The van der Waals surface area contributed by atoms with E-state index in [1.165, 1.54) is 24.3 Å². The number of ether oxygens (including phenoxy) is 2. The van der Waals surface area contributed by atoms with E-state index in [0.717, 1.165) is 5.56 Å². The van der Waals surface area contributed by atoms with E-state index in [2.05, 4.69) is 0 Å². The van der Waals surface area contributed by atoms with Gasteiger partial charge in [-0.05, 0) is 29.8 Å². The lowest BCUT2D eigenvalue weighted by Crippen LogP contribution is -2.05. The number of rotatable bonds is 5. The van der Waals surface area contributed by atoms with Crippen LogP contribution in [-0.2, 0) is 4.79 Å². The van der Waals surface area contributed by atoms with E-state index in [9.17, 15) is 14.9 Å². The normalized spacial score (nSPS) is 10.4. The average molecular weight is 299 g/mol. The molecule has 0 N–H and O–H groups in total. The van der Waals surface area contributed by atoms with Gasteiger partial charge in [0.15, 0.2) is 0 Å². The van der Waals surface area contributed by atoms with Crippen LogP contribution in [0.1, 0.15) is 5.56 Å². The van der Waals surface area contributed by atoms with E-state index >= 15 is 0 Å². The Morgan fingerprint density at radius 2 is 1.82 bits per heavy atom. The zero-order chi connectivity index (χ0) is 15.9. The van der Waals surface area contributed by atoms with Crippen molar-refractivity contribution in [2.24, 2.45) is 0 Å². The molecule has 112 valence electrons. The molecule has 0 amide bonds. The summed E-state index contributed by atoms with van der Waals surface area (Å²) in [5.74, 6) is -0.0679. The van der Waals surface area contributed by atoms with Crippen LogP contribution in [0.2, 0.25) is 0 Å². The predicted molar refractivity (Wildman–Crippen MR) is 80.8 cm³/mol. The largest absolute Gasteiger partial charge is 0.497 e. The molecule has 0 saturated carbocycles. The minimum absolute atomic E-state index is 0.0862. The minimum Gasteiger partial charge on any atom is -0.497 e. The third kappa shape index (κ3) is 3.92. The lowest BCUT2D eigenvalue weighted by atomic mass is 10.2. The van der Waals surface area contributed by atoms with E-state index in [4.69, 9.17) is 9.47 Å². The summed E-state index contributed by atoms with van der Waals surface area (Å²) in [5, 5.41) is 10.8. The summed E-state index contributed by atoms with van der Waals surface area (Å²) in [6.07, 6.45) is 2.76. The number of benzene rings is 2. The van der Waals surface area contributed by atoms with E-state index in [0.29, 0.717) is 5.75 Å². The van der Waals surface area contributed by atoms with Gasteiger partial charge >= 0.3 is 11.7 Å². The summed E-state index contributed by atoms with van der Waals surface area (Å²) in [4.78, 5) is 22.0. The highest BCUT2D eigenvalue weighted by Gasteiger charge is 2.15. The molecule has 6 nitrogen and oxygen atoms in total. The van der Waals surface area contributed by atoms with Gasteiger partial charge in [0, 0.05) is 12.1 Å². The summed E-state index contributed by atoms with van der Waals surface area (Å²) in [5.41, 5.74) is 0.522. The third-order valence-corrected chi connectivity index (χ3v) is 2.80. The van der Waals surface area contributed by atoms with Crippen LogP contribution in [-0.4, -0.2) is 18.0 Å². The SMILES string of the molecule is COc1ccc(C=CC(=O)Oc2ccccc2[N+](=O)[O-])cc1. The van der Waals surface area contributed by atoms with Crippen LogP contribution in [0, 0.1) is 10.1 Å². The zero-order valence-electron chi connectivity index (χ0n) is 11.8. The Morgan fingerprint density at radius 1 is 1.14 bits per heavy atom. The van der Waals surface area contributed by atoms with Crippen LogP contribution in [0.5, 0.6) is 11.5 Å². The van der Waals surface area contributed by atoms with Gasteiger partial charge in [0.1, 0.15) is 5.75 Å². The van der Waals surface area contributed by atoms with Crippen LogP contribution < -0.4 is 9.47 Å². The van der Waals surface area contributed by atoms with Gasteiger partial charge in [-0.25, -0.2) is 4.79 Å². The van der Waals surface area contributed by atoms with Gasteiger partial charge in [0.25, 0.3) is 0 Å². The smallest absolute Gasteiger partial charge is 0.336 e. The Balaban J connectivity index is 2.06. The first-order valence-corrected chi connectivity index (χ1v) is 6.37. The summed E-state index contributed by atoms with van der Waals surface area (Å²) < 4.78 is 10.0. The first-order chi connectivity index (χ1) is 10.6. The van der Waals surface area contributed by atoms with Crippen LogP contribution in [0.4, 0.5) is 5.69 Å². The Labute approximate surface area is 126 Å². The number of hydrogen-bond donors (Lipinski definition) is 0. The number of nitro groups is 1. The molecule has 0 radical (unpaired) electrons. The van der Waals surface area contributed by atoms with Crippen molar-refractivity contribution in [3.63, 3.8) is 0 Å². The van der Waals surface area contributed by atoms with Crippen molar-refractivity contribution in [2.45, 2.75) is 0 Å². The second-order valence-corrected chi connectivity index (χ2v) is 4.25. The summed E-state index contributed by atoms with van der Waals surface area (Å²) in [7, 11) is 1.56. The highest BCUT2D eigenvalue weighted by atomic mass is 16.6. The number of nitro benzene ring substituents is 1. The zero-order valence-corrected chi connectivity index (χ0v) is 11.8. The molecule has 22 heavy (non-hydrogen) atoms. The number of esters is 1. The highest BCUT2D eigenvalue weighted by molar-refractivity contribution is 5.89. The monoisotopic (exact) mass is 299 g/mol. The van der Waals surface area contributed by atoms with E-state index in [-0.39, 0.29) is 11.4 Å². The molecule has 0 aromatic heterocycles. The molecule has 6 heteroatoms. The van der Waals surface area contributed by atoms with Crippen molar-refractivity contribution in [3.8, 4) is 11.5 Å². The van der Waals surface area contributed by atoms with Crippen molar-refractivity contribution < 1.29 is 19.2 Å². The highest BCUT2D eigenvalue weighted by Crippen LogP contribution is 2.26. The van der Waals surface area contributed by atoms with Crippen molar-refractivity contribution in [3.05, 3.63) is 70.3 Å². The molecule has 0 atom stereocenters. The molecule has 2 rings (SSSR count). The standard InChI is InChI=1S/C16H13NO5/c1-21-13-9-6-12(7-10-13)8-11-16(18)22-15-5-3-2-4-14(15)17(19)20/h2-11H,1H3. The molecule has 0 fully saturated rings. The predicted octanol–water partition coefficient (Wildman–Crippen LogP) is 3.22. The molecule has 0 aliphatic heterocycles. The number of methoxy groups -OCH3 is 1. The van der Waals surface area contributed by atoms with E-state index in [1.54, 1.807) is 43.5 Å². The third-order valence-electron chi connectivity index (χ3n) is 2.80. The van der Waals surface area contributed by atoms with Crippen molar-refractivity contribution in [1.82, 2.24) is 0 Å². The van der Waals surface area contributed by atoms with E-state index < -0.39 is 10.9 Å². The van der Waals surface area contributed by atoms with Crippen molar-refractivity contribution in [1.29, 1.82) is 0 Å². The Kier molecular flexibility index (Phi) is 4.87. The maximum Gasteiger partial charge on any atom is 0.336 e. The van der Waals surface area contributed by atoms with Gasteiger partial charge in [0.2, 0.25) is 5.75 Å². The Bertz CT molecular complexity index is 707. The lowest BCUT2D eigenvalue weighted by molar-refractivity contribution is -0.385. The van der Waals surface area contributed by atoms with Crippen LogP contribution in [0.25, 0.3) is 6.08 Å². The maximum atomic E-state index is 11.7. The molecular formula is C16H13NO5. The fourth-order valence-electron chi connectivity index (χ4n) is 1.72. The Morgan fingerprint density at radius 3 is 2.45 bits per heavy atom. The van der Waals surface area contributed by atoms with Gasteiger partial charge < -0.3 is 9.47 Å². The number of nitrogens with zero attached hydrogens (tertiary/aromatic N) is 1. The average Bonchev–Trinajstić information content (AvgIpc) is 2.53. The first-order valence-electron chi connectivity index (χ1n) is 6.37. The number of hydrogen-bond acceptors (Lipinski definition) is 5. The minimum atomic E-state index is -0.690. The van der Waals surface area contributed by atoms with Crippen molar-refractivity contribution in [2.75, 3.05) is 7.11 Å². The fraction of sp³-hybridized carbons (Fsp3) is 0.0625. The van der Waals surface area contributed by atoms with Crippen LogP contribution in [0.3, 0.4) is 0 Å². The Hall–Kier alpha value is -3.15. The fourth-order valence-corrected chi connectivity index (χ4v) is 1.72. The summed E-state index contributed by atoms with van der Waals surface area (Å²) in [6, 6.07) is 12.8. The van der Waals surface area contributed by atoms with Gasteiger partial charge in [0.05, 0.1) is 12.0 Å². The second kappa shape index (κ2) is 7.03. The van der Waals surface area contributed by atoms with Gasteiger partial charge in [-0.15, -0.1) is 0 Å². The number of para-hydroxylation sites is 2. The molecule has 0 spiro atoms. The second-order valence-electron chi connectivity index (χ2n) is 4.25. The topological polar surface area (TPSA) is 78.7 Å². The summed E-state index contributed by atoms with van der Waals surface area (Å²) in [6.45, 7) is 0. The molecular weight excluding hydrogens is 286 g/mol. The maximum absolute atomic E-state index is 11.7. The quantitative estimate of drug-likeness (QED) is 0.278. The van der Waals surface area contributed by atoms with Crippen LogP contribution >= 0.6 is 0 Å². The van der Waals surface area contributed by atoms with Gasteiger partial charge in [-0.1, -0.05) is 24.3 Å². The molecule has 0 aliphatic rings. The van der Waals surface area contributed by atoms with Gasteiger partial charge in [-0.2, -0.15) is 0 Å². The number of carbonyl (C=O) groups is 1. The van der Waals surface area contributed by atoms with Gasteiger partial charge in [-0.3, -0.25) is 10.1 Å². The van der Waals surface area contributed by atoms with Crippen molar-refractivity contribution >= 4 is 17.7 Å². The molecule has 0 bridgehead atoms.